The van der Waals surface area contributed by atoms with Crippen LogP contribution in [0.2, 0.25) is 5.02 Å². The summed E-state index contributed by atoms with van der Waals surface area (Å²) in [5.74, 6) is 0.163. The Labute approximate surface area is 169 Å². The second-order valence-corrected chi connectivity index (χ2v) is 6.90. The van der Waals surface area contributed by atoms with Crippen LogP contribution in [-0.2, 0) is 0 Å². The summed E-state index contributed by atoms with van der Waals surface area (Å²) in [5, 5.41) is 8.72. The first kappa shape index (κ1) is 17.4. The molecule has 0 aliphatic carbocycles. The Hall–Kier alpha value is -3.71. The van der Waals surface area contributed by atoms with Crippen molar-refractivity contribution in [1.29, 1.82) is 0 Å². The van der Waals surface area contributed by atoms with Crippen molar-refractivity contribution in [2.45, 2.75) is 6.92 Å². The van der Waals surface area contributed by atoms with Gasteiger partial charge in [-0.15, -0.1) is 0 Å². The van der Waals surface area contributed by atoms with Crippen LogP contribution in [0.5, 0.6) is 0 Å². The summed E-state index contributed by atoms with van der Waals surface area (Å²) < 4.78 is 10.7. The van der Waals surface area contributed by atoms with E-state index in [0.717, 1.165) is 5.39 Å². The molecule has 1 amide bonds. The van der Waals surface area contributed by atoms with Gasteiger partial charge < -0.3 is 14.3 Å². The molecule has 29 heavy (non-hydrogen) atoms. The molecule has 142 valence electrons. The Bertz CT molecular complexity index is 1380. The zero-order valence-corrected chi connectivity index (χ0v) is 15.9. The van der Waals surface area contributed by atoms with Gasteiger partial charge in [-0.25, -0.2) is 4.98 Å². The summed E-state index contributed by atoms with van der Waals surface area (Å²) in [6.45, 7) is 1.76. The number of nitrogens with one attached hydrogen (secondary N) is 1. The summed E-state index contributed by atoms with van der Waals surface area (Å²) in [7, 11) is 0. The normalized spacial score (nSPS) is 11.2. The van der Waals surface area contributed by atoms with E-state index < -0.39 is 0 Å². The van der Waals surface area contributed by atoms with Crippen LogP contribution < -0.4 is 5.32 Å². The zero-order valence-electron chi connectivity index (χ0n) is 15.1. The standard InChI is InChI=1S/C21H13ClN4O3/c1-11-18-14(10-15(17-5-3-7-28-17)25-21(18)29-26-11)20(27)24-16-9-13(22)8-12-4-2-6-23-19(12)16/h2-10H,1H3,(H,24,27). The molecule has 0 aliphatic rings. The number of furan rings is 1. The van der Waals surface area contributed by atoms with E-state index in [1.165, 1.54) is 6.26 Å². The number of halogens is 1. The van der Waals surface area contributed by atoms with Gasteiger partial charge in [0, 0.05) is 16.6 Å². The van der Waals surface area contributed by atoms with Gasteiger partial charge in [0.1, 0.15) is 5.69 Å². The molecule has 8 heteroatoms. The van der Waals surface area contributed by atoms with Crippen molar-refractivity contribution < 1.29 is 13.7 Å². The minimum Gasteiger partial charge on any atom is -0.463 e. The number of fused-ring (bicyclic) bond motifs is 2. The molecule has 0 aliphatic heterocycles. The summed E-state index contributed by atoms with van der Waals surface area (Å²) in [6.07, 6.45) is 3.20. The molecule has 0 atom stereocenters. The molecule has 5 aromatic rings. The van der Waals surface area contributed by atoms with Crippen LogP contribution in [0.1, 0.15) is 16.1 Å². The Morgan fingerprint density at radius 2 is 2.07 bits per heavy atom. The van der Waals surface area contributed by atoms with Gasteiger partial charge in [-0.1, -0.05) is 22.8 Å². The van der Waals surface area contributed by atoms with E-state index in [2.05, 4.69) is 20.4 Å². The molecule has 7 nitrogen and oxygen atoms in total. The lowest BCUT2D eigenvalue weighted by atomic mass is 10.1. The maximum atomic E-state index is 13.2. The van der Waals surface area contributed by atoms with Crippen LogP contribution in [0.25, 0.3) is 33.5 Å². The zero-order chi connectivity index (χ0) is 20.0. The number of carbonyl (C=O) groups is 1. The minimum atomic E-state index is -0.356. The monoisotopic (exact) mass is 404 g/mol. The van der Waals surface area contributed by atoms with Gasteiger partial charge >= 0.3 is 0 Å². The molecule has 0 radical (unpaired) electrons. The fourth-order valence-electron chi connectivity index (χ4n) is 3.26. The maximum absolute atomic E-state index is 13.2. The smallest absolute Gasteiger partial charge is 0.259 e. The molecule has 0 bridgehead atoms. The molecule has 1 aromatic carbocycles. The van der Waals surface area contributed by atoms with Gasteiger partial charge in [0.05, 0.1) is 34.1 Å². The van der Waals surface area contributed by atoms with Crippen LogP contribution in [-0.4, -0.2) is 21.0 Å². The first-order valence-electron chi connectivity index (χ1n) is 8.76. The van der Waals surface area contributed by atoms with Crippen molar-refractivity contribution in [1.82, 2.24) is 15.1 Å². The number of aryl methyl sites for hydroxylation is 1. The number of nitrogens with zero attached hydrogens (tertiary/aromatic N) is 3. The number of aromatic nitrogens is 3. The van der Waals surface area contributed by atoms with Crippen LogP contribution in [0.15, 0.2) is 63.9 Å². The minimum absolute atomic E-state index is 0.260. The lowest BCUT2D eigenvalue weighted by molar-refractivity contribution is 0.102. The quantitative estimate of drug-likeness (QED) is 0.441. The highest BCUT2D eigenvalue weighted by atomic mass is 35.5. The van der Waals surface area contributed by atoms with E-state index in [1.54, 1.807) is 43.5 Å². The van der Waals surface area contributed by atoms with Gasteiger partial charge in [-0.2, -0.15) is 0 Å². The van der Waals surface area contributed by atoms with Crippen molar-refractivity contribution >= 4 is 45.2 Å². The summed E-state index contributed by atoms with van der Waals surface area (Å²) >= 11 is 6.22. The second kappa shape index (κ2) is 6.72. The van der Waals surface area contributed by atoms with E-state index in [1.807, 2.05) is 12.1 Å². The first-order chi connectivity index (χ1) is 14.1. The average Bonchev–Trinajstić information content (AvgIpc) is 3.37. The maximum Gasteiger partial charge on any atom is 0.259 e. The van der Waals surface area contributed by atoms with Crippen LogP contribution in [0.4, 0.5) is 5.69 Å². The summed E-state index contributed by atoms with van der Waals surface area (Å²) in [4.78, 5) is 22.0. The van der Waals surface area contributed by atoms with E-state index in [-0.39, 0.29) is 11.6 Å². The molecule has 1 N–H and O–H groups in total. The van der Waals surface area contributed by atoms with Gasteiger partial charge in [0.15, 0.2) is 5.76 Å². The van der Waals surface area contributed by atoms with E-state index in [0.29, 0.717) is 44.3 Å². The van der Waals surface area contributed by atoms with Crippen LogP contribution in [0.3, 0.4) is 0 Å². The number of hydrogen-bond donors (Lipinski definition) is 1. The van der Waals surface area contributed by atoms with Crippen molar-refractivity contribution in [3.05, 3.63) is 71.2 Å². The average molecular weight is 405 g/mol. The number of hydrogen-bond acceptors (Lipinski definition) is 6. The highest BCUT2D eigenvalue weighted by Crippen LogP contribution is 2.30. The Morgan fingerprint density at radius 3 is 2.90 bits per heavy atom. The van der Waals surface area contributed by atoms with Gasteiger partial charge in [-0.3, -0.25) is 9.78 Å². The molecule has 0 fully saturated rings. The predicted octanol–water partition coefficient (Wildman–Crippen LogP) is 5.25. The van der Waals surface area contributed by atoms with Crippen molar-refractivity contribution in [3.8, 4) is 11.5 Å². The van der Waals surface area contributed by atoms with Crippen molar-refractivity contribution in [2.75, 3.05) is 5.32 Å². The topological polar surface area (TPSA) is 94.0 Å². The summed E-state index contributed by atoms with van der Waals surface area (Å²) in [5.41, 5.74) is 2.82. The second-order valence-electron chi connectivity index (χ2n) is 6.46. The van der Waals surface area contributed by atoms with E-state index in [9.17, 15) is 4.79 Å². The highest BCUT2D eigenvalue weighted by Gasteiger charge is 2.21. The fourth-order valence-corrected chi connectivity index (χ4v) is 3.49. The Morgan fingerprint density at radius 1 is 1.17 bits per heavy atom. The fraction of sp³-hybridized carbons (Fsp3) is 0.0476. The molecule has 4 aromatic heterocycles. The number of amides is 1. The number of rotatable bonds is 3. The highest BCUT2D eigenvalue weighted by molar-refractivity contribution is 6.32. The van der Waals surface area contributed by atoms with Gasteiger partial charge in [0.25, 0.3) is 11.6 Å². The molecule has 0 saturated carbocycles. The third-order valence-corrected chi connectivity index (χ3v) is 4.77. The molecule has 0 spiro atoms. The number of anilines is 1. The van der Waals surface area contributed by atoms with E-state index >= 15 is 0 Å². The molecule has 4 heterocycles. The van der Waals surface area contributed by atoms with E-state index in [4.69, 9.17) is 20.5 Å². The Balaban J connectivity index is 1.64. The SMILES string of the molecule is Cc1noc2nc(-c3ccco3)cc(C(=O)Nc3cc(Cl)cc4cccnc34)c12. The van der Waals surface area contributed by atoms with Gasteiger partial charge in [0.2, 0.25) is 0 Å². The molecule has 5 rings (SSSR count). The lowest BCUT2D eigenvalue weighted by Crippen LogP contribution is -2.13. The molecule has 0 unspecified atom stereocenters. The third kappa shape index (κ3) is 3.01. The first-order valence-corrected chi connectivity index (χ1v) is 9.14. The number of carbonyl (C=O) groups excluding carboxylic acids is 1. The lowest BCUT2D eigenvalue weighted by Gasteiger charge is -2.10. The van der Waals surface area contributed by atoms with Crippen molar-refractivity contribution in [3.63, 3.8) is 0 Å². The Kier molecular flexibility index (Phi) is 4.03. The molecule has 0 saturated heterocycles. The summed E-state index contributed by atoms with van der Waals surface area (Å²) in [6, 6.07) is 12.3. The predicted molar refractivity (Wildman–Crippen MR) is 109 cm³/mol. The largest absolute Gasteiger partial charge is 0.463 e. The van der Waals surface area contributed by atoms with Crippen LogP contribution in [0, 0.1) is 6.92 Å². The van der Waals surface area contributed by atoms with Crippen molar-refractivity contribution in [2.24, 2.45) is 0 Å². The van der Waals surface area contributed by atoms with Crippen LogP contribution >= 0.6 is 11.6 Å². The number of pyridine rings is 2. The third-order valence-electron chi connectivity index (χ3n) is 4.55. The molecular weight excluding hydrogens is 392 g/mol. The van der Waals surface area contributed by atoms with Gasteiger partial charge in [-0.05, 0) is 43.3 Å². The number of benzene rings is 1. The molecular formula is C21H13ClN4O3.